The zero-order chi connectivity index (χ0) is 12.1. The number of nitrogens with zero attached hydrogens (tertiary/aromatic N) is 2. The van der Waals surface area contributed by atoms with E-state index in [1.165, 1.54) is 0 Å². The van der Waals surface area contributed by atoms with Gasteiger partial charge in [0, 0.05) is 24.3 Å². The van der Waals surface area contributed by atoms with E-state index in [1.807, 2.05) is 18.7 Å². The third kappa shape index (κ3) is 2.95. The number of pyridine rings is 1. The second-order valence-corrected chi connectivity index (χ2v) is 4.06. The number of nitrogen functional groups attached to an aromatic ring is 1. The summed E-state index contributed by atoms with van der Waals surface area (Å²) in [7, 11) is 0. The largest absolute Gasteiger partial charge is 0.384 e. The van der Waals surface area contributed by atoms with E-state index in [4.69, 9.17) is 5.73 Å². The fourth-order valence-corrected chi connectivity index (χ4v) is 1.58. The summed E-state index contributed by atoms with van der Waals surface area (Å²) >= 11 is 0. The number of aromatic nitrogens is 1. The molecule has 0 aliphatic rings. The maximum atomic E-state index is 12.2. The second kappa shape index (κ2) is 5.49. The second-order valence-electron chi connectivity index (χ2n) is 4.06. The van der Waals surface area contributed by atoms with Gasteiger partial charge in [-0.15, -0.1) is 0 Å². The molecule has 4 heteroatoms. The van der Waals surface area contributed by atoms with Gasteiger partial charge in [0.05, 0.1) is 0 Å². The van der Waals surface area contributed by atoms with Crippen LogP contribution in [0.1, 0.15) is 37.6 Å². The summed E-state index contributed by atoms with van der Waals surface area (Å²) < 4.78 is 0. The molecule has 1 aromatic heterocycles. The zero-order valence-electron chi connectivity index (χ0n) is 10.1. The minimum atomic E-state index is 0.0194. The van der Waals surface area contributed by atoms with E-state index in [-0.39, 0.29) is 11.9 Å². The smallest absolute Gasteiger partial charge is 0.254 e. The lowest BCUT2D eigenvalue weighted by atomic mass is 10.2. The van der Waals surface area contributed by atoms with Crippen LogP contribution >= 0.6 is 0 Å². The van der Waals surface area contributed by atoms with Crippen molar-refractivity contribution in [3.8, 4) is 0 Å². The molecule has 1 amide bonds. The van der Waals surface area contributed by atoms with Gasteiger partial charge in [-0.2, -0.15) is 0 Å². The number of hydrogen-bond acceptors (Lipinski definition) is 3. The van der Waals surface area contributed by atoms with E-state index >= 15 is 0 Å². The van der Waals surface area contributed by atoms with E-state index in [0.717, 1.165) is 13.0 Å². The van der Waals surface area contributed by atoms with Crippen LogP contribution in [-0.2, 0) is 0 Å². The SMILES string of the molecule is CCCN(C(=O)c1ccnc(N)c1)C(C)C. The molecule has 0 spiro atoms. The van der Waals surface area contributed by atoms with Gasteiger partial charge in [-0.25, -0.2) is 4.98 Å². The topological polar surface area (TPSA) is 59.2 Å². The highest BCUT2D eigenvalue weighted by Gasteiger charge is 2.17. The Bertz CT molecular complexity index is 363. The van der Waals surface area contributed by atoms with Crippen molar-refractivity contribution in [1.82, 2.24) is 9.88 Å². The summed E-state index contributed by atoms with van der Waals surface area (Å²) in [5.74, 6) is 0.400. The molecule has 0 saturated heterocycles. The maximum absolute atomic E-state index is 12.2. The molecule has 1 aromatic rings. The van der Waals surface area contributed by atoms with Crippen molar-refractivity contribution in [3.63, 3.8) is 0 Å². The van der Waals surface area contributed by atoms with Crippen molar-refractivity contribution in [3.05, 3.63) is 23.9 Å². The van der Waals surface area contributed by atoms with Crippen LogP contribution in [-0.4, -0.2) is 28.4 Å². The van der Waals surface area contributed by atoms with Gasteiger partial charge < -0.3 is 10.6 Å². The van der Waals surface area contributed by atoms with E-state index in [1.54, 1.807) is 18.3 Å². The molecule has 0 atom stereocenters. The molecule has 1 rings (SSSR count). The van der Waals surface area contributed by atoms with Gasteiger partial charge in [0.1, 0.15) is 5.82 Å². The van der Waals surface area contributed by atoms with Gasteiger partial charge in [-0.05, 0) is 32.4 Å². The van der Waals surface area contributed by atoms with Gasteiger partial charge in [-0.1, -0.05) is 6.92 Å². The van der Waals surface area contributed by atoms with E-state index in [9.17, 15) is 4.79 Å². The predicted molar refractivity (Wildman–Crippen MR) is 65.1 cm³/mol. The van der Waals surface area contributed by atoms with E-state index < -0.39 is 0 Å². The highest BCUT2D eigenvalue weighted by molar-refractivity contribution is 5.94. The van der Waals surface area contributed by atoms with Gasteiger partial charge in [-0.3, -0.25) is 4.79 Å². The Balaban J connectivity index is 2.90. The highest BCUT2D eigenvalue weighted by atomic mass is 16.2. The van der Waals surface area contributed by atoms with Crippen LogP contribution in [0.4, 0.5) is 5.82 Å². The minimum Gasteiger partial charge on any atom is -0.384 e. The molecule has 88 valence electrons. The lowest BCUT2D eigenvalue weighted by Crippen LogP contribution is -2.37. The number of hydrogen-bond donors (Lipinski definition) is 1. The predicted octanol–water partition coefficient (Wildman–Crippen LogP) is 1.92. The Labute approximate surface area is 96.5 Å². The first-order valence-corrected chi connectivity index (χ1v) is 5.58. The average molecular weight is 221 g/mol. The third-order valence-corrected chi connectivity index (χ3v) is 2.38. The zero-order valence-corrected chi connectivity index (χ0v) is 10.1. The Hall–Kier alpha value is -1.58. The van der Waals surface area contributed by atoms with Crippen molar-refractivity contribution >= 4 is 11.7 Å². The molecule has 0 bridgehead atoms. The summed E-state index contributed by atoms with van der Waals surface area (Å²) in [5, 5.41) is 0. The Morgan fingerprint density at radius 2 is 2.25 bits per heavy atom. The third-order valence-electron chi connectivity index (χ3n) is 2.38. The molecular formula is C12H19N3O. The highest BCUT2D eigenvalue weighted by Crippen LogP contribution is 2.10. The van der Waals surface area contributed by atoms with Crippen molar-refractivity contribution in [1.29, 1.82) is 0 Å². The van der Waals surface area contributed by atoms with Crippen LogP contribution in [0, 0.1) is 0 Å². The first kappa shape index (κ1) is 12.5. The van der Waals surface area contributed by atoms with Crippen LogP contribution in [0.25, 0.3) is 0 Å². The van der Waals surface area contributed by atoms with Crippen molar-refractivity contribution in [2.75, 3.05) is 12.3 Å². The molecular weight excluding hydrogens is 202 g/mol. The van der Waals surface area contributed by atoms with Crippen LogP contribution in [0.2, 0.25) is 0 Å². The number of carbonyl (C=O) groups is 1. The number of carbonyl (C=O) groups excluding carboxylic acids is 1. The first-order chi connectivity index (χ1) is 7.56. The van der Waals surface area contributed by atoms with Crippen LogP contribution in [0.15, 0.2) is 18.3 Å². The molecule has 4 nitrogen and oxygen atoms in total. The quantitative estimate of drug-likeness (QED) is 0.845. The Kier molecular flexibility index (Phi) is 4.28. The van der Waals surface area contributed by atoms with Crippen molar-refractivity contribution in [2.45, 2.75) is 33.2 Å². The minimum absolute atomic E-state index is 0.0194. The first-order valence-electron chi connectivity index (χ1n) is 5.58. The van der Waals surface area contributed by atoms with Crippen LogP contribution < -0.4 is 5.73 Å². The lowest BCUT2D eigenvalue weighted by molar-refractivity contribution is 0.0706. The lowest BCUT2D eigenvalue weighted by Gasteiger charge is -2.26. The molecule has 0 aromatic carbocycles. The summed E-state index contributed by atoms with van der Waals surface area (Å²) in [6, 6.07) is 3.51. The summed E-state index contributed by atoms with van der Waals surface area (Å²) in [6.45, 7) is 6.85. The molecule has 1 heterocycles. The van der Waals surface area contributed by atoms with E-state index in [0.29, 0.717) is 11.4 Å². The summed E-state index contributed by atoms with van der Waals surface area (Å²) in [6.07, 6.45) is 2.51. The summed E-state index contributed by atoms with van der Waals surface area (Å²) in [4.78, 5) is 17.9. The van der Waals surface area contributed by atoms with Gasteiger partial charge in [0.25, 0.3) is 5.91 Å². The fraction of sp³-hybridized carbons (Fsp3) is 0.500. The average Bonchev–Trinajstić information content (AvgIpc) is 2.24. The number of nitrogens with two attached hydrogens (primary N) is 1. The molecule has 0 fully saturated rings. The van der Waals surface area contributed by atoms with Gasteiger partial charge >= 0.3 is 0 Å². The van der Waals surface area contributed by atoms with E-state index in [2.05, 4.69) is 11.9 Å². The molecule has 0 radical (unpaired) electrons. The van der Waals surface area contributed by atoms with Crippen molar-refractivity contribution < 1.29 is 4.79 Å². The Morgan fingerprint density at radius 3 is 2.75 bits per heavy atom. The van der Waals surface area contributed by atoms with Gasteiger partial charge in [0.2, 0.25) is 0 Å². The van der Waals surface area contributed by atoms with Crippen LogP contribution in [0.3, 0.4) is 0 Å². The summed E-state index contributed by atoms with van der Waals surface area (Å²) in [5.41, 5.74) is 6.17. The standard InChI is InChI=1S/C12H19N3O/c1-4-7-15(9(2)3)12(16)10-5-6-14-11(13)8-10/h5-6,8-9H,4,7H2,1-3H3,(H2,13,14). The molecule has 16 heavy (non-hydrogen) atoms. The van der Waals surface area contributed by atoms with Gasteiger partial charge in [0.15, 0.2) is 0 Å². The van der Waals surface area contributed by atoms with Crippen LogP contribution in [0.5, 0.6) is 0 Å². The molecule has 2 N–H and O–H groups in total. The monoisotopic (exact) mass is 221 g/mol. The molecule has 0 aliphatic carbocycles. The normalized spacial score (nSPS) is 10.5. The molecule has 0 saturated carbocycles. The number of rotatable bonds is 4. The Morgan fingerprint density at radius 1 is 1.56 bits per heavy atom. The molecule has 0 aliphatic heterocycles. The fourth-order valence-electron chi connectivity index (χ4n) is 1.58. The maximum Gasteiger partial charge on any atom is 0.254 e. The number of anilines is 1. The number of amides is 1. The van der Waals surface area contributed by atoms with Crippen molar-refractivity contribution in [2.24, 2.45) is 0 Å². The molecule has 0 unspecified atom stereocenters.